The molecule has 7 nitrogen and oxygen atoms in total. The van der Waals surface area contributed by atoms with Crippen molar-refractivity contribution < 1.29 is 9.53 Å². The van der Waals surface area contributed by atoms with E-state index in [1.807, 2.05) is 68.8 Å². The molecular weight excluding hydrogens is 424 g/mol. The second-order valence-corrected chi connectivity index (χ2v) is 8.63. The number of aromatic nitrogens is 3. The highest BCUT2D eigenvalue weighted by molar-refractivity contribution is 7.99. The first-order valence-electron chi connectivity index (χ1n) is 10.4. The van der Waals surface area contributed by atoms with Crippen molar-refractivity contribution >= 4 is 45.3 Å². The number of hydrogen-bond acceptors (Lipinski definition) is 5. The molecule has 2 aromatic carbocycles. The highest BCUT2D eigenvalue weighted by Crippen LogP contribution is 2.30. The van der Waals surface area contributed by atoms with E-state index in [1.165, 1.54) is 11.8 Å². The Morgan fingerprint density at radius 2 is 1.91 bits per heavy atom. The molecule has 1 amide bonds. The molecule has 0 fully saturated rings. The second kappa shape index (κ2) is 8.70. The molecule has 0 aliphatic carbocycles. The Kier molecular flexibility index (Phi) is 5.97. The van der Waals surface area contributed by atoms with Gasteiger partial charge < -0.3 is 14.6 Å². The van der Waals surface area contributed by atoms with Gasteiger partial charge in [-0.3, -0.25) is 14.2 Å². The topological polar surface area (TPSA) is 78.2 Å². The smallest absolute Gasteiger partial charge is 0.278 e. The number of hydrogen-bond donors (Lipinski definition) is 1. The van der Waals surface area contributed by atoms with Crippen molar-refractivity contribution in [1.82, 2.24) is 14.1 Å². The summed E-state index contributed by atoms with van der Waals surface area (Å²) in [6.45, 7) is 6.30. The van der Waals surface area contributed by atoms with Gasteiger partial charge in [0.05, 0.1) is 18.4 Å². The van der Waals surface area contributed by atoms with Gasteiger partial charge in [0.1, 0.15) is 16.8 Å². The number of fused-ring (bicyclic) bond motifs is 3. The number of ether oxygens (including phenoxy) is 1. The monoisotopic (exact) mass is 450 g/mol. The first-order valence-corrected chi connectivity index (χ1v) is 11.4. The quantitative estimate of drug-likeness (QED) is 0.351. The van der Waals surface area contributed by atoms with E-state index in [0.717, 1.165) is 27.7 Å². The van der Waals surface area contributed by atoms with Crippen molar-refractivity contribution in [2.45, 2.75) is 32.5 Å². The van der Waals surface area contributed by atoms with Crippen LogP contribution in [0.3, 0.4) is 0 Å². The van der Waals surface area contributed by atoms with Gasteiger partial charge in [-0.25, -0.2) is 4.98 Å². The second-order valence-electron chi connectivity index (χ2n) is 7.69. The number of methoxy groups -OCH3 is 1. The highest BCUT2D eigenvalue weighted by Gasteiger charge is 2.19. The zero-order valence-corrected chi connectivity index (χ0v) is 19.7. The molecule has 2 aromatic heterocycles. The van der Waals surface area contributed by atoms with Crippen LogP contribution in [0.25, 0.3) is 21.9 Å². The largest absolute Gasteiger partial charge is 0.497 e. The van der Waals surface area contributed by atoms with E-state index >= 15 is 0 Å². The SMILES string of the molecule is CCn1c(SCC(=O)Nc2c(C)cccc2C)nc2c3cc(OC)ccc3n(C)c2c1=O. The Morgan fingerprint density at radius 1 is 1.19 bits per heavy atom. The maximum Gasteiger partial charge on any atom is 0.278 e. The number of aryl methyl sites for hydroxylation is 3. The Bertz CT molecular complexity index is 1380. The van der Waals surface area contributed by atoms with Crippen molar-refractivity contribution in [3.8, 4) is 5.75 Å². The number of anilines is 1. The van der Waals surface area contributed by atoms with E-state index in [9.17, 15) is 9.59 Å². The van der Waals surface area contributed by atoms with Crippen molar-refractivity contribution in [1.29, 1.82) is 0 Å². The van der Waals surface area contributed by atoms with Crippen molar-refractivity contribution in [3.05, 3.63) is 57.9 Å². The molecule has 1 N–H and O–H groups in total. The zero-order chi connectivity index (χ0) is 23.0. The number of nitrogens with one attached hydrogen (secondary N) is 1. The summed E-state index contributed by atoms with van der Waals surface area (Å²) in [6, 6.07) is 11.6. The predicted molar refractivity (Wildman–Crippen MR) is 130 cm³/mol. The summed E-state index contributed by atoms with van der Waals surface area (Å²) in [6.07, 6.45) is 0. The molecule has 2 heterocycles. The standard InChI is InChI=1S/C24H26N4O3S/c1-6-28-23(30)22-21(17-12-16(31-5)10-11-18(17)27(22)4)26-24(28)32-13-19(29)25-20-14(2)8-7-9-15(20)3/h7-12H,6,13H2,1-5H3,(H,25,29). The molecule has 0 unspecified atom stereocenters. The number of para-hydroxylation sites is 1. The van der Waals surface area contributed by atoms with Gasteiger partial charge in [-0.2, -0.15) is 0 Å². The lowest BCUT2D eigenvalue weighted by molar-refractivity contribution is -0.113. The van der Waals surface area contributed by atoms with Crippen molar-refractivity contribution in [2.24, 2.45) is 7.05 Å². The Labute approximate surface area is 190 Å². The maximum atomic E-state index is 13.3. The van der Waals surface area contributed by atoms with Gasteiger partial charge >= 0.3 is 0 Å². The molecule has 0 atom stereocenters. The molecule has 0 saturated carbocycles. The average Bonchev–Trinajstić information content (AvgIpc) is 3.06. The minimum atomic E-state index is -0.135. The van der Waals surface area contributed by atoms with Crippen LogP contribution in [0.15, 0.2) is 46.3 Å². The van der Waals surface area contributed by atoms with Gasteiger partial charge in [0.25, 0.3) is 5.56 Å². The number of carbonyl (C=O) groups excluding carboxylic acids is 1. The lowest BCUT2D eigenvalue weighted by atomic mass is 10.1. The molecule has 8 heteroatoms. The Hall–Kier alpha value is -3.26. The van der Waals surface area contributed by atoms with E-state index in [0.29, 0.717) is 28.5 Å². The minimum Gasteiger partial charge on any atom is -0.497 e. The summed E-state index contributed by atoms with van der Waals surface area (Å²) in [4.78, 5) is 30.8. The summed E-state index contributed by atoms with van der Waals surface area (Å²) in [5.74, 6) is 0.720. The Morgan fingerprint density at radius 3 is 2.56 bits per heavy atom. The third-order valence-electron chi connectivity index (χ3n) is 5.66. The third kappa shape index (κ3) is 3.75. The van der Waals surface area contributed by atoms with Gasteiger partial charge in [0, 0.05) is 24.7 Å². The van der Waals surface area contributed by atoms with Crippen molar-refractivity contribution in [2.75, 3.05) is 18.2 Å². The van der Waals surface area contributed by atoms with E-state index in [2.05, 4.69) is 5.32 Å². The van der Waals surface area contributed by atoms with E-state index in [1.54, 1.807) is 11.7 Å². The summed E-state index contributed by atoms with van der Waals surface area (Å²) >= 11 is 1.27. The molecule has 32 heavy (non-hydrogen) atoms. The summed E-state index contributed by atoms with van der Waals surface area (Å²) in [7, 11) is 3.48. The van der Waals surface area contributed by atoms with Gasteiger partial charge in [0.2, 0.25) is 5.91 Å². The van der Waals surface area contributed by atoms with Crippen LogP contribution in [-0.2, 0) is 18.4 Å². The molecular formula is C24H26N4O3S. The molecule has 166 valence electrons. The predicted octanol–water partition coefficient (Wildman–Crippen LogP) is 4.26. The van der Waals surface area contributed by atoms with E-state index in [4.69, 9.17) is 9.72 Å². The molecule has 0 radical (unpaired) electrons. The fourth-order valence-corrected chi connectivity index (χ4v) is 4.82. The van der Waals surface area contributed by atoms with Crippen LogP contribution in [0.2, 0.25) is 0 Å². The molecule has 0 spiro atoms. The molecule has 4 rings (SSSR count). The number of benzene rings is 2. The number of amides is 1. The van der Waals surface area contributed by atoms with Gasteiger partial charge in [-0.05, 0) is 50.1 Å². The summed E-state index contributed by atoms with van der Waals surface area (Å²) < 4.78 is 8.85. The van der Waals surface area contributed by atoms with Gasteiger partial charge in [-0.15, -0.1) is 0 Å². The van der Waals surface area contributed by atoms with Crippen LogP contribution < -0.4 is 15.6 Å². The van der Waals surface area contributed by atoms with Crippen molar-refractivity contribution in [3.63, 3.8) is 0 Å². The van der Waals surface area contributed by atoms with Crippen LogP contribution in [0.4, 0.5) is 5.69 Å². The van der Waals surface area contributed by atoms with Gasteiger partial charge in [-0.1, -0.05) is 30.0 Å². The number of carbonyl (C=O) groups is 1. The molecule has 0 bridgehead atoms. The molecule has 0 saturated heterocycles. The number of thioether (sulfide) groups is 1. The fourth-order valence-electron chi connectivity index (χ4n) is 3.97. The lowest BCUT2D eigenvalue weighted by Crippen LogP contribution is -2.24. The third-order valence-corrected chi connectivity index (χ3v) is 6.64. The maximum absolute atomic E-state index is 13.3. The zero-order valence-electron chi connectivity index (χ0n) is 18.9. The molecule has 0 aliphatic heterocycles. The van der Waals surface area contributed by atoms with Crippen LogP contribution in [0.5, 0.6) is 5.75 Å². The van der Waals surface area contributed by atoms with Gasteiger partial charge in [0.15, 0.2) is 5.16 Å². The summed E-state index contributed by atoms with van der Waals surface area (Å²) in [5.41, 5.74) is 4.80. The Balaban J connectivity index is 1.71. The normalized spacial score (nSPS) is 11.3. The molecule has 0 aliphatic rings. The van der Waals surface area contributed by atoms with E-state index < -0.39 is 0 Å². The van der Waals surface area contributed by atoms with Crippen LogP contribution in [-0.4, -0.2) is 32.9 Å². The molecule has 4 aromatic rings. The van der Waals surface area contributed by atoms with Crippen LogP contribution in [0.1, 0.15) is 18.1 Å². The van der Waals surface area contributed by atoms with E-state index in [-0.39, 0.29) is 17.2 Å². The average molecular weight is 451 g/mol. The summed E-state index contributed by atoms with van der Waals surface area (Å²) in [5, 5.41) is 4.37. The highest BCUT2D eigenvalue weighted by atomic mass is 32.2. The number of rotatable bonds is 6. The fraction of sp³-hybridized carbons (Fsp3) is 0.292. The lowest BCUT2D eigenvalue weighted by Gasteiger charge is -2.13. The first-order chi connectivity index (χ1) is 15.3. The van der Waals surface area contributed by atoms with Crippen LogP contribution in [0, 0.1) is 13.8 Å². The first kappa shape index (κ1) is 22.0. The minimum absolute atomic E-state index is 0.118. The van der Waals surface area contributed by atoms with Crippen LogP contribution >= 0.6 is 11.8 Å². The number of nitrogens with zero attached hydrogens (tertiary/aromatic N) is 3.